The maximum atomic E-state index is 11.9. The number of aromatic nitrogens is 2. The van der Waals surface area contributed by atoms with E-state index in [4.69, 9.17) is 10.8 Å². The third-order valence-corrected chi connectivity index (χ3v) is 1.95. The van der Waals surface area contributed by atoms with Crippen molar-refractivity contribution in [2.75, 3.05) is 18.5 Å². The first-order valence-corrected chi connectivity index (χ1v) is 5.47. The summed E-state index contributed by atoms with van der Waals surface area (Å²) >= 11 is 0. The quantitative estimate of drug-likeness (QED) is 0.543. The molecule has 0 aromatic carbocycles. The molecule has 0 saturated heterocycles. The van der Waals surface area contributed by atoms with Gasteiger partial charge in [-0.2, -0.15) is 13.2 Å². The van der Waals surface area contributed by atoms with Gasteiger partial charge in [0.2, 0.25) is 0 Å². The molecule has 1 aromatic heterocycles. The number of alkyl halides is 3. The van der Waals surface area contributed by atoms with Gasteiger partial charge >= 0.3 is 6.18 Å². The average Bonchev–Trinajstić information content (AvgIpc) is 2.33. The van der Waals surface area contributed by atoms with Crippen LogP contribution in [0.25, 0.3) is 0 Å². The Bertz CT molecular complexity index is 435. The van der Waals surface area contributed by atoms with Gasteiger partial charge in [-0.25, -0.2) is 15.0 Å². The molecule has 4 N–H and O–H groups in total. The van der Waals surface area contributed by atoms with Gasteiger partial charge in [-0.3, -0.25) is 0 Å². The van der Waals surface area contributed by atoms with Gasteiger partial charge in [0, 0.05) is 19.2 Å². The number of aliphatic hydroxyl groups excluding tert-OH is 1. The second-order valence-electron chi connectivity index (χ2n) is 3.63. The molecule has 0 aliphatic heterocycles. The first-order chi connectivity index (χ1) is 8.90. The van der Waals surface area contributed by atoms with Crippen molar-refractivity contribution in [1.82, 2.24) is 9.97 Å². The molecule has 1 aromatic rings. The first-order valence-electron chi connectivity index (χ1n) is 5.47. The van der Waals surface area contributed by atoms with Crippen LogP contribution in [0, 0.1) is 0 Å². The van der Waals surface area contributed by atoms with Crippen molar-refractivity contribution < 1.29 is 18.3 Å². The van der Waals surface area contributed by atoms with Gasteiger partial charge in [0.25, 0.3) is 0 Å². The molecule has 9 heteroatoms. The summed E-state index contributed by atoms with van der Waals surface area (Å²) in [7, 11) is 0. The molecule has 0 bridgehead atoms. The van der Waals surface area contributed by atoms with Crippen molar-refractivity contribution in [3.63, 3.8) is 0 Å². The summed E-state index contributed by atoms with van der Waals surface area (Å²) in [4.78, 5) is 11.1. The Labute approximate surface area is 107 Å². The molecule has 1 heterocycles. The van der Waals surface area contributed by atoms with E-state index in [1.807, 2.05) is 0 Å². The van der Waals surface area contributed by atoms with E-state index in [2.05, 4.69) is 20.3 Å². The van der Waals surface area contributed by atoms with Crippen LogP contribution in [0.15, 0.2) is 17.3 Å². The van der Waals surface area contributed by atoms with Gasteiger partial charge in [-0.05, 0) is 12.5 Å². The average molecular weight is 277 g/mol. The molecule has 0 spiro atoms. The van der Waals surface area contributed by atoms with E-state index in [1.54, 1.807) is 0 Å². The molecule has 0 atom stereocenters. The fraction of sp³-hybridized carbons (Fsp3) is 0.500. The number of aliphatic imine (C=N–C) groups is 1. The largest absolute Gasteiger partial charge is 0.408 e. The van der Waals surface area contributed by atoms with Crippen LogP contribution >= 0.6 is 0 Å². The van der Waals surface area contributed by atoms with Crippen LogP contribution < -0.4 is 11.1 Å². The monoisotopic (exact) mass is 277 g/mol. The number of rotatable bonds is 5. The van der Waals surface area contributed by atoms with Crippen molar-refractivity contribution in [2.45, 2.75) is 19.0 Å². The standard InChI is InChI=1S/C10H14F3N5O/c11-10(12,13)6-16-9(14)18-8-3-4-15-7(17-8)2-1-5-19/h3-4,19H,1-2,5-6H2,(H3,14,15,16,17,18). The summed E-state index contributed by atoms with van der Waals surface area (Å²) in [6.07, 6.45) is -1.99. The Kier molecular flexibility index (Phi) is 5.49. The third-order valence-electron chi connectivity index (χ3n) is 1.95. The minimum atomic E-state index is -4.40. The smallest absolute Gasteiger partial charge is 0.396 e. The Hall–Kier alpha value is -1.90. The van der Waals surface area contributed by atoms with Gasteiger partial charge < -0.3 is 16.2 Å². The Morgan fingerprint density at radius 2 is 2.21 bits per heavy atom. The van der Waals surface area contributed by atoms with E-state index in [9.17, 15) is 13.2 Å². The predicted octanol–water partition coefficient (Wildman–Crippen LogP) is 0.690. The lowest BCUT2D eigenvalue weighted by molar-refractivity contribution is -0.118. The number of aryl methyl sites for hydroxylation is 1. The fourth-order valence-corrected chi connectivity index (χ4v) is 1.17. The molecule has 0 radical (unpaired) electrons. The van der Waals surface area contributed by atoms with Gasteiger partial charge in [-0.15, -0.1) is 0 Å². The zero-order chi connectivity index (χ0) is 14.3. The van der Waals surface area contributed by atoms with Crippen molar-refractivity contribution in [3.8, 4) is 0 Å². The van der Waals surface area contributed by atoms with Gasteiger partial charge in [-0.1, -0.05) is 0 Å². The summed E-state index contributed by atoms with van der Waals surface area (Å²) in [5.41, 5.74) is 5.30. The van der Waals surface area contributed by atoms with Crippen LogP contribution in [-0.2, 0) is 6.42 Å². The second-order valence-corrected chi connectivity index (χ2v) is 3.63. The number of nitrogens with two attached hydrogens (primary N) is 1. The number of nitrogens with zero attached hydrogens (tertiary/aromatic N) is 3. The van der Waals surface area contributed by atoms with E-state index in [0.717, 1.165) is 0 Å². The highest BCUT2D eigenvalue weighted by Gasteiger charge is 2.26. The van der Waals surface area contributed by atoms with E-state index < -0.39 is 12.7 Å². The minimum Gasteiger partial charge on any atom is -0.396 e. The topological polar surface area (TPSA) is 96.4 Å². The van der Waals surface area contributed by atoms with Gasteiger partial charge in [0.05, 0.1) is 0 Å². The molecule has 0 fully saturated rings. The number of hydrogen-bond acceptors (Lipinski definition) is 4. The molecule has 0 unspecified atom stereocenters. The lowest BCUT2D eigenvalue weighted by atomic mass is 10.3. The highest BCUT2D eigenvalue weighted by atomic mass is 19.4. The van der Waals surface area contributed by atoms with Crippen molar-refractivity contribution in [1.29, 1.82) is 0 Å². The second kappa shape index (κ2) is 6.88. The van der Waals surface area contributed by atoms with Crippen LogP contribution in [0.5, 0.6) is 0 Å². The van der Waals surface area contributed by atoms with Crippen LogP contribution in [0.4, 0.5) is 19.0 Å². The number of hydrogen-bond donors (Lipinski definition) is 3. The SMILES string of the molecule is NC(=NCC(F)(F)F)Nc1ccnc(CCCO)n1. The summed E-state index contributed by atoms with van der Waals surface area (Å²) in [6, 6.07) is 1.46. The van der Waals surface area contributed by atoms with Crippen molar-refractivity contribution in [2.24, 2.45) is 10.7 Å². The van der Waals surface area contributed by atoms with Crippen molar-refractivity contribution >= 4 is 11.8 Å². The van der Waals surface area contributed by atoms with Crippen LogP contribution in [-0.4, -0.2) is 40.4 Å². The van der Waals surface area contributed by atoms with Crippen LogP contribution in [0.2, 0.25) is 0 Å². The number of anilines is 1. The molecule has 106 valence electrons. The Balaban J connectivity index is 2.61. The molecule has 6 nitrogen and oxygen atoms in total. The Morgan fingerprint density at radius 1 is 1.47 bits per heavy atom. The molecular weight excluding hydrogens is 263 g/mol. The summed E-state index contributed by atoms with van der Waals surface area (Å²) in [5.74, 6) is 0.346. The van der Waals surface area contributed by atoms with E-state index in [1.165, 1.54) is 12.3 Å². The molecule has 0 saturated carbocycles. The number of guanidine groups is 1. The maximum Gasteiger partial charge on any atom is 0.408 e. The van der Waals surface area contributed by atoms with Crippen molar-refractivity contribution in [3.05, 3.63) is 18.1 Å². The maximum absolute atomic E-state index is 11.9. The Morgan fingerprint density at radius 3 is 2.84 bits per heavy atom. The lowest BCUT2D eigenvalue weighted by Gasteiger charge is -2.07. The summed E-state index contributed by atoms with van der Waals surface area (Å²) in [5, 5.41) is 11.1. The third kappa shape index (κ3) is 6.55. The zero-order valence-electron chi connectivity index (χ0n) is 9.98. The zero-order valence-corrected chi connectivity index (χ0v) is 9.98. The minimum absolute atomic E-state index is 0.0101. The molecule has 1 rings (SSSR count). The van der Waals surface area contributed by atoms with E-state index in [0.29, 0.717) is 18.7 Å². The molecular formula is C10H14F3N5O. The summed E-state index contributed by atoms with van der Waals surface area (Å²) in [6.45, 7) is -1.34. The normalized spacial score (nSPS) is 12.5. The predicted molar refractivity (Wildman–Crippen MR) is 63.6 cm³/mol. The summed E-state index contributed by atoms with van der Waals surface area (Å²) < 4.78 is 35.8. The number of aliphatic hydroxyl groups is 1. The van der Waals surface area contributed by atoms with E-state index in [-0.39, 0.29) is 18.4 Å². The molecule has 0 aliphatic carbocycles. The number of nitrogens with one attached hydrogen (secondary N) is 1. The first kappa shape index (κ1) is 15.2. The highest BCUT2D eigenvalue weighted by Crippen LogP contribution is 2.14. The van der Waals surface area contributed by atoms with E-state index >= 15 is 0 Å². The van der Waals surface area contributed by atoms with Crippen LogP contribution in [0.1, 0.15) is 12.2 Å². The fourth-order valence-electron chi connectivity index (χ4n) is 1.17. The molecule has 0 aliphatic rings. The van der Waals surface area contributed by atoms with Gasteiger partial charge in [0.15, 0.2) is 5.96 Å². The lowest BCUT2D eigenvalue weighted by Crippen LogP contribution is -2.26. The van der Waals surface area contributed by atoms with Crippen LogP contribution in [0.3, 0.4) is 0 Å². The highest BCUT2D eigenvalue weighted by molar-refractivity contribution is 5.91. The molecule has 19 heavy (non-hydrogen) atoms. The molecule has 0 amide bonds. The number of halogens is 3. The van der Waals surface area contributed by atoms with Gasteiger partial charge in [0.1, 0.15) is 18.2 Å².